The zero-order valence-corrected chi connectivity index (χ0v) is 20.9. The van der Waals surface area contributed by atoms with Gasteiger partial charge in [-0.3, -0.25) is 29.1 Å². The van der Waals surface area contributed by atoms with E-state index in [1.807, 2.05) is 0 Å². The van der Waals surface area contributed by atoms with Crippen molar-refractivity contribution < 1.29 is 23.9 Å². The number of hydrogen-bond donors (Lipinski definition) is 2. The second-order valence-electron chi connectivity index (χ2n) is 9.15. The molecular formula is C26H32N6O5. The summed E-state index contributed by atoms with van der Waals surface area (Å²) in [5.74, 6) is -0.861. The van der Waals surface area contributed by atoms with Crippen molar-refractivity contribution in [1.82, 2.24) is 30.4 Å². The maximum atomic E-state index is 13.2. The molecule has 0 saturated carbocycles. The van der Waals surface area contributed by atoms with Crippen LogP contribution >= 0.6 is 0 Å². The Bertz CT molecular complexity index is 1130. The Balaban J connectivity index is 1.52. The van der Waals surface area contributed by atoms with E-state index in [2.05, 4.69) is 20.6 Å². The first-order chi connectivity index (χ1) is 17.9. The molecule has 1 aromatic heterocycles. The van der Waals surface area contributed by atoms with E-state index in [-0.39, 0.29) is 36.8 Å². The smallest absolute Gasteiger partial charge is 0.255 e. The highest BCUT2D eigenvalue weighted by Gasteiger charge is 2.36. The van der Waals surface area contributed by atoms with Crippen LogP contribution in [0.15, 0.2) is 42.9 Å². The number of para-hydroxylation sites is 1. The van der Waals surface area contributed by atoms with Gasteiger partial charge in [0.1, 0.15) is 24.4 Å². The van der Waals surface area contributed by atoms with Crippen molar-refractivity contribution in [3.63, 3.8) is 0 Å². The largest absolute Gasteiger partial charge is 0.491 e. The zero-order valence-electron chi connectivity index (χ0n) is 20.9. The van der Waals surface area contributed by atoms with E-state index in [4.69, 9.17) is 4.74 Å². The molecule has 4 rings (SSSR count). The third-order valence-electron chi connectivity index (χ3n) is 6.62. The Kier molecular flexibility index (Phi) is 8.65. The highest BCUT2D eigenvalue weighted by atomic mass is 16.5. The van der Waals surface area contributed by atoms with Crippen molar-refractivity contribution >= 4 is 23.6 Å². The fraction of sp³-hybridized carbons (Fsp3) is 0.462. The van der Waals surface area contributed by atoms with Crippen LogP contribution in [0.1, 0.15) is 41.7 Å². The lowest BCUT2D eigenvalue weighted by molar-refractivity contribution is -0.143. The predicted octanol–water partition coefficient (Wildman–Crippen LogP) is 0.556. The summed E-state index contributed by atoms with van der Waals surface area (Å²) in [5.41, 5.74) is 1.00. The zero-order chi connectivity index (χ0) is 26.2. The summed E-state index contributed by atoms with van der Waals surface area (Å²) < 4.78 is 5.85. The molecule has 1 saturated heterocycles. The first-order valence-electron chi connectivity index (χ1n) is 12.5. The standard InChI is InChI=1S/C26H32N6O5/c1-31-15-16-37-22-7-3-2-5-19(22)24(34)30-20(25(35)29-11-10-18-17-27-12-13-28-18)8-9-23(33)32-14-4-6-21(32)26(31)36/h2-3,5,7,12-13,17,20-21H,4,6,8-11,14-16H2,1H3,(H,29,35)(H,30,34)/t20-,21+/m0/s1. The number of carbonyl (C=O) groups is 4. The maximum absolute atomic E-state index is 13.2. The number of ether oxygens (including phenoxy) is 1. The van der Waals surface area contributed by atoms with Crippen molar-refractivity contribution in [1.29, 1.82) is 0 Å². The van der Waals surface area contributed by atoms with Gasteiger partial charge in [-0.25, -0.2) is 0 Å². The fourth-order valence-electron chi connectivity index (χ4n) is 4.57. The molecule has 2 aliphatic rings. The fourth-order valence-corrected chi connectivity index (χ4v) is 4.57. The quantitative estimate of drug-likeness (QED) is 0.616. The maximum Gasteiger partial charge on any atom is 0.255 e. The topological polar surface area (TPSA) is 134 Å². The lowest BCUT2D eigenvalue weighted by Crippen LogP contribution is -2.49. The third kappa shape index (κ3) is 6.60. The summed E-state index contributed by atoms with van der Waals surface area (Å²) in [6.07, 6.45) is 6.70. The van der Waals surface area contributed by atoms with Crippen LogP contribution in [0, 0.1) is 0 Å². The average molecular weight is 509 g/mol. The van der Waals surface area contributed by atoms with Crippen molar-refractivity contribution in [3.8, 4) is 5.75 Å². The molecule has 0 bridgehead atoms. The Hall–Kier alpha value is -4.02. The van der Waals surface area contributed by atoms with Crippen molar-refractivity contribution in [2.75, 3.05) is 33.3 Å². The molecule has 0 radical (unpaired) electrons. The number of rotatable bonds is 4. The van der Waals surface area contributed by atoms with Gasteiger partial charge in [0.25, 0.3) is 5.91 Å². The number of aromatic nitrogens is 2. The number of fused-ring (bicyclic) bond motifs is 2. The monoisotopic (exact) mass is 508 g/mol. The normalized spacial score (nSPS) is 21.2. The van der Waals surface area contributed by atoms with Gasteiger partial charge in [0, 0.05) is 51.6 Å². The molecule has 2 atom stereocenters. The van der Waals surface area contributed by atoms with Gasteiger partial charge in [-0.1, -0.05) is 12.1 Å². The molecule has 11 heteroatoms. The average Bonchev–Trinajstić information content (AvgIpc) is 3.40. The minimum Gasteiger partial charge on any atom is -0.491 e. The number of nitrogens with zero attached hydrogens (tertiary/aromatic N) is 4. The molecule has 37 heavy (non-hydrogen) atoms. The molecule has 196 valence electrons. The van der Waals surface area contributed by atoms with Crippen LogP contribution in [0.3, 0.4) is 0 Å². The number of likely N-dealkylation sites (N-methyl/N-ethyl adjacent to an activating group) is 1. The van der Waals surface area contributed by atoms with Gasteiger partial charge in [-0.05, 0) is 31.4 Å². The number of nitrogens with one attached hydrogen (secondary N) is 2. The molecule has 0 unspecified atom stereocenters. The van der Waals surface area contributed by atoms with Crippen LogP contribution < -0.4 is 15.4 Å². The second kappa shape index (κ2) is 12.3. The number of amides is 4. The third-order valence-corrected chi connectivity index (χ3v) is 6.62. The van der Waals surface area contributed by atoms with Gasteiger partial charge < -0.3 is 25.2 Å². The molecule has 4 amide bonds. The molecule has 1 aromatic carbocycles. The van der Waals surface area contributed by atoms with Gasteiger partial charge in [-0.15, -0.1) is 0 Å². The number of benzene rings is 1. The minimum atomic E-state index is -0.948. The van der Waals surface area contributed by atoms with E-state index in [0.717, 1.165) is 12.1 Å². The molecule has 2 aromatic rings. The lowest BCUT2D eigenvalue weighted by Gasteiger charge is -2.28. The first kappa shape index (κ1) is 26.1. The Morgan fingerprint density at radius 3 is 2.81 bits per heavy atom. The second-order valence-corrected chi connectivity index (χ2v) is 9.15. The van der Waals surface area contributed by atoms with Crippen LogP contribution in [-0.2, 0) is 20.8 Å². The van der Waals surface area contributed by atoms with Crippen LogP contribution in [0.25, 0.3) is 0 Å². The van der Waals surface area contributed by atoms with E-state index in [9.17, 15) is 19.2 Å². The summed E-state index contributed by atoms with van der Waals surface area (Å²) in [6.45, 7) is 1.28. The molecule has 1 fully saturated rings. The molecular weight excluding hydrogens is 476 g/mol. The molecule has 2 N–H and O–H groups in total. The summed E-state index contributed by atoms with van der Waals surface area (Å²) in [4.78, 5) is 63.8. The van der Waals surface area contributed by atoms with Crippen LogP contribution in [0.2, 0.25) is 0 Å². The van der Waals surface area contributed by atoms with Crippen LogP contribution in [0.4, 0.5) is 0 Å². The summed E-state index contributed by atoms with van der Waals surface area (Å²) >= 11 is 0. The van der Waals surface area contributed by atoms with Crippen molar-refractivity contribution in [2.45, 2.75) is 44.2 Å². The highest BCUT2D eigenvalue weighted by Crippen LogP contribution is 2.22. The van der Waals surface area contributed by atoms with Crippen molar-refractivity contribution in [3.05, 3.63) is 54.1 Å². The van der Waals surface area contributed by atoms with E-state index >= 15 is 0 Å². The van der Waals surface area contributed by atoms with E-state index in [1.54, 1.807) is 59.7 Å². The Morgan fingerprint density at radius 2 is 2.00 bits per heavy atom. The summed E-state index contributed by atoms with van der Waals surface area (Å²) in [7, 11) is 1.69. The first-order valence-corrected chi connectivity index (χ1v) is 12.5. The van der Waals surface area contributed by atoms with Gasteiger partial charge in [0.15, 0.2) is 0 Å². The Labute approximate surface area is 215 Å². The predicted molar refractivity (Wildman–Crippen MR) is 134 cm³/mol. The molecule has 0 aliphatic carbocycles. The number of hydrogen-bond acceptors (Lipinski definition) is 7. The highest BCUT2D eigenvalue weighted by molar-refractivity contribution is 5.99. The van der Waals surface area contributed by atoms with E-state index in [0.29, 0.717) is 38.2 Å². The van der Waals surface area contributed by atoms with E-state index in [1.165, 1.54) is 0 Å². The number of carbonyl (C=O) groups excluding carboxylic acids is 4. The van der Waals surface area contributed by atoms with Gasteiger partial charge in [-0.2, -0.15) is 0 Å². The van der Waals surface area contributed by atoms with E-state index < -0.39 is 23.9 Å². The Morgan fingerprint density at radius 1 is 1.16 bits per heavy atom. The van der Waals surface area contributed by atoms with Crippen LogP contribution in [0.5, 0.6) is 5.75 Å². The molecule has 2 aliphatic heterocycles. The van der Waals surface area contributed by atoms with Gasteiger partial charge >= 0.3 is 0 Å². The molecule has 0 spiro atoms. The van der Waals surface area contributed by atoms with Crippen molar-refractivity contribution in [2.24, 2.45) is 0 Å². The van der Waals surface area contributed by atoms with Crippen LogP contribution in [-0.4, -0.2) is 88.8 Å². The van der Waals surface area contributed by atoms with Gasteiger partial charge in [0.05, 0.1) is 17.8 Å². The SMILES string of the molecule is CN1CCOc2ccccc2C(=O)N[C@H](C(=O)NCCc2cnccn2)CCC(=O)N2CCC[C@@H]2C1=O. The molecule has 11 nitrogen and oxygen atoms in total. The summed E-state index contributed by atoms with van der Waals surface area (Å²) in [5, 5.41) is 5.61. The van der Waals surface area contributed by atoms with Gasteiger partial charge in [0.2, 0.25) is 17.7 Å². The molecule has 3 heterocycles. The summed E-state index contributed by atoms with van der Waals surface area (Å²) in [6, 6.07) is 5.27. The lowest BCUT2D eigenvalue weighted by atomic mass is 10.1. The minimum absolute atomic E-state index is 0.0220.